The predicted octanol–water partition coefficient (Wildman–Crippen LogP) is -0.446. The Bertz CT molecular complexity index is 214. The zero-order valence-corrected chi connectivity index (χ0v) is 6.89. The smallest absolute Gasteiger partial charge is 0.256 e. The van der Waals surface area contributed by atoms with Crippen molar-refractivity contribution in [2.75, 3.05) is 7.05 Å². The van der Waals surface area contributed by atoms with Crippen LogP contribution in [0.5, 0.6) is 0 Å². The highest BCUT2D eigenvalue weighted by molar-refractivity contribution is 6.18. The normalized spacial score (nSPS) is 11.9. The number of nitrogens with one attached hydrogen (secondary N) is 1. The van der Waals surface area contributed by atoms with E-state index in [1.54, 1.807) is 0 Å². The second kappa shape index (κ2) is 3.75. The van der Waals surface area contributed by atoms with Gasteiger partial charge in [0.25, 0.3) is 5.91 Å². The summed E-state index contributed by atoms with van der Waals surface area (Å²) in [5, 5.41) is 2.33. The van der Waals surface area contributed by atoms with Gasteiger partial charge in [-0.1, -0.05) is 0 Å². The SMILES string of the molecule is CNC(=O)/C(C(C)=O)=C(/C)N. The number of Topliss-reactive ketones (excluding diaryl/α,β-unsaturated/α-hetero) is 1. The summed E-state index contributed by atoms with van der Waals surface area (Å²) in [5.41, 5.74) is 5.59. The molecule has 0 aliphatic rings. The lowest BCUT2D eigenvalue weighted by molar-refractivity contribution is -0.121. The Labute approximate surface area is 65.5 Å². The summed E-state index contributed by atoms with van der Waals surface area (Å²) >= 11 is 0. The fraction of sp³-hybridized carbons (Fsp3) is 0.429. The number of rotatable bonds is 2. The van der Waals surface area contributed by atoms with Crippen LogP contribution in [0.25, 0.3) is 0 Å². The maximum Gasteiger partial charge on any atom is 0.256 e. The van der Waals surface area contributed by atoms with Gasteiger partial charge in [0, 0.05) is 12.7 Å². The summed E-state index contributed by atoms with van der Waals surface area (Å²) in [6.07, 6.45) is 0. The minimum Gasteiger partial charge on any atom is -0.402 e. The number of allylic oxidation sites excluding steroid dienone is 1. The van der Waals surface area contributed by atoms with Gasteiger partial charge in [-0.25, -0.2) is 0 Å². The molecule has 0 spiro atoms. The van der Waals surface area contributed by atoms with E-state index in [9.17, 15) is 9.59 Å². The van der Waals surface area contributed by atoms with Crippen LogP contribution in [0.4, 0.5) is 0 Å². The maximum atomic E-state index is 10.9. The van der Waals surface area contributed by atoms with Gasteiger partial charge in [-0.05, 0) is 13.8 Å². The van der Waals surface area contributed by atoms with Crippen LogP contribution >= 0.6 is 0 Å². The standard InChI is InChI=1S/C7H12N2O2/c1-4(8)6(5(2)10)7(11)9-3/h8H2,1-3H3,(H,9,11)/b6-4-. The molecular weight excluding hydrogens is 144 g/mol. The molecule has 0 atom stereocenters. The lowest BCUT2D eigenvalue weighted by Crippen LogP contribution is -2.26. The van der Waals surface area contributed by atoms with Gasteiger partial charge < -0.3 is 11.1 Å². The zero-order chi connectivity index (χ0) is 9.02. The molecule has 0 bridgehead atoms. The van der Waals surface area contributed by atoms with Crippen LogP contribution in [0.3, 0.4) is 0 Å². The lowest BCUT2D eigenvalue weighted by atomic mass is 10.1. The van der Waals surface area contributed by atoms with Gasteiger partial charge >= 0.3 is 0 Å². The molecule has 0 aromatic carbocycles. The Hall–Kier alpha value is -1.32. The molecule has 0 aliphatic heterocycles. The second-order valence-corrected chi connectivity index (χ2v) is 2.19. The molecule has 0 saturated heterocycles. The fourth-order valence-electron chi connectivity index (χ4n) is 0.742. The van der Waals surface area contributed by atoms with E-state index in [1.807, 2.05) is 0 Å². The molecule has 0 fully saturated rings. The Morgan fingerprint density at radius 2 is 1.73 bits per heavy atom. The molecular formula is C7H12N2O2. The number of hydrogen-bond donors (Lipinski definition) is 2. The molecule has 3 N–H and O–H groups in total. The number of carbonyl (C=O) groups is 2. The minimum atomic E-state index is -0.433. The number of ketones is 1. The molecule has 0 saturated carbocycles. The van der Waals surface area contributed by atoms with Crippen molar-refractivity contribution >= 4 is 11.7 Å². The first-order chi connectivity index (χ1) is 5.00. The molecule has 0 radical (unpaired) electrons. The Balaban J connectivity index is 4.79. The van der Waals surface area contributed by atoms with Crippen LogP contribution in [-0.2, 0) is 9.59 Å². The number of likely N-dealkylation sites (N-methyl/N-ethyl adjacent to an activating group) is 1. The summed E-state index contributed by atoms with van der Waals surface area (Å²) in [4.78, 5) is 21.7. The third-order valence-corrected chi connectivity index (χ3v) is 1.20. The van der Waals surface area contributed by atoms with Gasteiger partial charge in [0.15, 0.2) is 5.78 Å². The molecule has 62 valence electrons. The summed E-state index contributed by atoms with van der Waals surface area (Å²) in [6.45, 7) is 2.83. The lowest BCUT2D eigenvalue weighted by Gasteiger charge is -2.02. The second-order valence-electron chi connectivity index (χ2n) is 2.19. The zero-order valence-electron chi connectivity index (χ0n) is 6.89. The highest BCUT2D eigenvalue weighted by Crippen LogP contribution is 1.99. The van der Waals surface area contributed by atoms with Crippen molar-refractivity contribution in [1.82, 2.24) is 5.32 Å². The van der Waals surface area contributed by atoms with E-state index in [0.29, 0.717) is 0 Å². The van der Waals surface area contributed by atoms with E-state index in [-0.39, 0.29) is 17.1 Å². The third kappa shape index (κ3) is 2.41. The van der Waals surface area contributed by atoms with Gasteiger partial charge in [-0.2, -0.15) is 0 Å². The van der Waals surface area contributed by atoms with Crippen molar-refractivity contribution in [2.45, 2.75) is 13.8 Å². The topological polar surface area (TPSA) is 72.2 Å². The van der Waals surface area contributed by atoms with Crippen molar-refractivity contribution < 1.29 is 9.59 Å². The van der Waals surface area contributed by atoms with E-state index in [0.717, 1.165) is 0 Å². The minimum absolute atomic E-state index is 0.0347. The summed E-state index contributed by atoms with van der Waals surface area (Å²) in [7, 11) is 1.45. The summed E-state index contributed by atoms with van der Waals surface area (Å²) < 4.78 is 0. The maximum absolute atomic E-state index is 10.9. The molecule has 1 amide bonds. The number of hydrogen-bond acceptors (Lipinski definition) is 3. The number of nitrogens with two attached hydrogens (primary N) is 1. The van der Waals surface area contributed by atoms with Crippen LogP contribution in [-0.4, -0.2) is 18.7 Å². The molecule has 11 heavy (non-hydrogen) atoms. The first kappa shape index (κ1) is 9.68. The van der Waals surface area contributed by atoms with E-state index in [4.69, 9.17) is 5.73 Å². The first-order valence-corrected chi connectivity index (χ1v) is 3.20. The van der Waals surface area contributed by atoms with E-state index in [1.165, 1.54) is 20.9 Å². The van der Waals surface area contributed by atoms with Gasteiger partial charge in [-0.3, -0.25) is 9.59 Å². The van der Waals surface area contributed by atoms with Crippen molar-refractivity contribution in [3.8, 4) is 0 Å². The Kier molecular flexibility index (Phi) is 3.30. The molecule has 0 unspecified atom stereocenters. The van der Waals surface area contributed by atoms with E-state index < -0.39 is 5.91 Å². The molecule has 4 heteroatoms. The van der Waals surface area contributed by atoms with E-state index in [2.05, 4.69) is 5.32 Å². The van der Waals surface area contributed by atoms with Crippen LogP contribution in [0.15, 0.2) is 11.3 Å². The molecule has 0 aromatic rings. The van der Waals surface area contributed by atoms with Crippen LogP contribution in [0.1, 0.15) is 13.8 Å². The van der Waals surface area contributed by atoms with Crippen molar-refractivity contribution in [2.24, 2.45) is 5.73 Å². The van der Waals surface area contributed by atoms with E-state index >= 15 is 0 Å². The van der Waals surface area contributed by atoms with Crippen molar-refractivity contribution in [1.29, 1.82) is 0 Å². The monoisotopic (exact) mass is 156 g/mol. The van der Waals surface area contributed by atoms with Gasteiger partial charge in [0.05, 0.1) is 0 Å². The molecule has 0 aromatic heterocycles. The number of amides is 1. The van der Waals surface area contributed by atoms with Crippen molar-refractivity contribution in [3.63, 3.8) is 0 Å². The summed E-state index contributed by atoms with van der Waals surface area (Å²) in [5.74, 6) is -0.748. The van der Waals surface area contributed by atoms with Crippen LogP contribution in [0.2, 0.25) is 0 Å². The highest BCUT2D eigenvalue weighted by atomic mass is 16.2. The van der Waals surface area contributed by atoms with Crippen LogP contribution in [0, 0.1) is 0 Å². The first-order valence-electron chi connectivity index (χ1n) is 3.20. The molecule has 4 nitrogen and oxygen atoms in total. The highest BCUT2D eigenvalue weighted by Gasteiger charge is 2.14. The van der Waals surface area contributed by atoms with Crippen LogP contribution < -0.4 is 11.1 Å². The largest absolute Gasteiger partial charge is 0.402 e. The predicted molar refractivity (Wildman–Crippen MR) is 41.6 cm³/mol. The summed E-state index contributed by atoms with van der Waals surface area (Å²) in [6, 6.07) is 0. The van der Waals surface area contributed by atoms with Crippen molar-refractivity contribution in [3.05, 3.63) is 11.3 Å². The third-order valence-electron chi connectivity index (χ3n) is 1.20. The Morgan fingerprint density at radius 3 is 1.82 bits per heavy atom. The molecule has 0 rings (SSSR count). The average Bonchev–Trinajstić information content (AvgIpc) is 1.85. The quantitative estimate of drug-likeness (QED) is 0.323. The molecule has 0 heterocycles. The fourth-order valence-corrected chi connectivity index (χ4v) is 0.742. The number of carbonyl (C=O) groups excluding carboxylic acids is 2. The van der Waals surface area contributed by atoms with Gasteiger partial charge in [-0.15, -0.1) is 0 Å². The van der Waals surface area contributed by atoms with Gasteiger partial charge in [0.2, 0.25) is 0 Å². The Morgan fingerprint density at radius 1 is 1.27 bits per heavy atom. The van der Waals surface area contributed by atoms with Gasteiger partial charge in [0.1, 0.15) is 5.57 Å². The molecule has 0 aliphatic carbocycles. The average molecular weight is 156 g/mol.